The molecule has 0 amide bonds. The molecule has 0 spiro atoms. The van der Waals surface area contributed by atoms with Crippen molar-refractivity contribution in [2.45, 2.75) is 52.9 Å². The van der Waals surface area contributed by atoms with Gasteiger partial charge in [0.1, 0.15) is 5.75 Å². The van der Waals surface area contributed by atoms with Crippen LogP contribution in [0.1, 0.15) is 52.0 Å². The van der Waals surface area contributed by atoms with Gasteiger partial charge in [0.05, 0.1) is 0 Å². The summed E-state index contributed by atoms with van der Waals surface area (Å²) >= 11 is 0. The molecule has 1 heteroatoms. The zero-order valence-corrected chi connectivity index (χ0v) is 10.8. The van der Waals surface area contributed by atoms with Crippen molar-refractivity contribution in [3.8, 4) is 5.75 Å². The van der Waals surface area contributed by atoms with Gasteiger partial charge in [0.25, 0.3) is 0 Å². The molecule has 0 aliphatic rings. The third kappa shape index (κ3) is 3.88. The van der Waals surface area contributed by atoms with Crippen LogP contribution in [-0.4, -0.2) is 5.11 Å². The molecule has 0 fully saturated rings. The molecule has 0 heterocycles. The average Bonchev–Trinajstić information content (AvgIpc) is 2.30. The third-order valence-corrected chi connectivity index (χ3v) is 3.55. The highest BCUT2D eigenvalue weighted by Crippen LogP contribution is 2.32. The standard InChI is InChI=1S/C15H24O/c1-4-6-11-15(3,5-2)12-13-7-9-14(16)10-8-13/h7-10,16H,4-6,11-12H2,1-3H3. The predicted molar refractivity (Wildman–Crippen MR) is 69.7 cm³/mol. The summed E-state index contributed by atoms with van der Waals surface area (Å²) in [4.78, 5) is 0. The number of phenols is 1. The number of aromatic hydroxyl groups is 1. The number of phenolic OH excluding ortho intramolecular Hbond substituents is 1. The van der Waals surface area contributed by atoms with E-state index in [1.165, 1.54) is 31.2 Å². The number of hydrogen-bond acceptors (Lipinski definition) is 1. The minimum atomic E-state index is 0.357. The molecule has 0 aliphatic heterocycles. The molecule has 0 saturated carbocycles. The average molecular weight is 220 g/mol. The smallest absolute Gasteiger partial charge is 0.115 e. The lowest BCUT2D eigenvalue weighted by Gasteiger charge is -2.28. The second-order valence-corrected chi connectivity index (χ2v) is 5.11. The van der Waals surface area contributed by atoms with Crippen molar-refractivity contribution in [1.82, 2.24) is 0 Å². The maximum Gasteiger partial charge on any atom is 0.115 e. The number of benzene rings is 1. The second-order valence-electron chi connectivity index (χ2n) is 5.11. The first-order chi connectivity index (χ1) is 7.59. The molecule has 90 valence electrons. The molecular formula is C15H24O. The van der Waals surface area contributed by atoms with Crippen molar-refractivity contribution >= 4 is 0 Å². The summed E-state index contributed by atoms with van der Waals surface area (Å²) in [6.45, 7) is 6.89. The van der Waals surface area contributed by atoms with E-state index in [0.717, 1.165) is 6.42 Å². The fourth-order valence-electron chi connectivity index (χ4n) is 2.10. The van der Waals surface area contributed by atoms with E-state index in [-0.39, 0.29) is 0 Å². The van der Waals surface area contributed by atoms with Gasteiger partial charge in [-0.2, -0.15) is 0 Å². The summed E-state index contributed by atoms with van der Waals surface area (Å²) < 4.78 is 0. The predicted octanol–water partition coefficient (Wildman–Crippen LogP) is 4.54. The van der Waals surface area contributed by atoms with Crippen molar-refractivity contribution in [1.29, 1.82) is 0 Å². The molecule has 0 saturated heterocycles. The van der Waals surface area contributed by atoms with Crippen molar-refractivity contribution < 1.29 is 5.11 Å². The van der Waals surface area contributed by atoms with Crippen molar-refractivity contribution in [2.75, 3.05) is 0 Å². The Bertz CT molecular complexity index is 302. The van der Waals surface area contributed by atoms with E-state index in [1.807, 2.05) is 12.1 Å². The molecule has 0 bridgehead atoms. The topological polar surface area (TPSA) is 20.2 Å². The summed E-state index contributed by atoms with van der Waals surface area (Å²) in [6.07, 6.45) is 6.20. The first kappa shape index (κ1) is 13.1. The summed E-state index contributed by atoms with van der Waals surface area (Å²) in [5.74, 6) is 0.357. The van der Waals surface area contributed by atoms with Crippen LogP contribution in [0.2, 0.25) is 0 Å². The van der Waals surface area contributed by atoms with Gasteiger partial charge in [0, 0.05) is 0 Å². The number of unbranched alkanes of at least 4 members (excludes halogenated alkanes) is 1. The van der Waals surface area contributed by atoms with Crippen LogP contribution in [0.3, 0.4) is 0 Å². The number of hydrogen-bond donors (Lipinski definition) is 1. The Morgan fingerprint density at radius 2 is 1.75 bits per heavy atom. The minimum Gasteiger partial charge on any atom is -0.508 e. The SMILES string of the molecule is CCCCC(C)(CC)Cc1ccc(O)cc1. The zero-order valence-electron chi connectivity index (χ0n) is 10.8. The molecule has 1 aromatic carbocycles. The highest BCUT2D eigenvalue weighted by atomic mass is 16.3. The zero-order chi connectivity index (χ0) is 12.0. The molecule has 1 rings (SSSR count). The van der Waals surface area contributed by atoms with Crippen molar-refractivity contribution in [3.05, 3.63) is 29.8 Å². The largest absolute Gasteiger partial charge is 0.508 e. The molecule has 0 radical (unpaired) electrons. The molecule has 16 heavy (non-hydrogen) atoms. The molecule has 0 aromatic heterocycles. The van der Waals surface area contributed by atoms with Gasteiger partial charge in [0.2, 0.25) is 0 Å². The van der Waals surface area contributed by atoms with Crippen LogP contribution < -0.4 is 0 Å². The lowest BCUT2D eigenvalue weighted by atomic mass is 9.77. The van der Waals surface area contributed by atoms with Crippen LogP contribution in [-0.2, 0) is 6.42 Å². The Hall–Kier alpha value is -0.980. The van der Waals surface area contributed by atoms with E-state index >= 15 is 0 Å². The van der Waals surface area contributed by atoms with Crippen LogP contribution >= 0.6 is 0 Å². The maximum absolute atomic E-state index is 9.25. The van der Waals surface area contributed by atoms with Crippen LogP contribution in [0.5, 0.6) is 5.75 Å². The van der Waals surface area contributed by atoms with Crippen molar-refractivity contribution in [3.63, 3.8) is 0 Å². The maximum atomic E-state index is 9.25. The van der Waals surface area contributed by atoms with E-state index in [2.05, 4.69) is 20.8 Å². The Morgan fingerprint density at radius 1 is 1.12 bits per heavy atom. The van der Waals surface area contributed by atoms with E-state index in [0.29, 0.717) is 11.2 Å². The fraction of sp³-hybridized carbons (Fsp3) is 0.600. The van der Waals surface area contributed by atoms with E-state index in [9.17, 15) is 5.11 Å². The summed E-state index contributed by atoms with van der Waals surface area (Å²) in [5, 5.41) is 9.25. The molecule has 1 aromatic rings. The summed E-state index contributed by atoms with van der Waals surface area (Å²) in [5.41, 5.74) is 1.74. The quantitative estimate of drug-likeness (QED) is 0.746. The third-order valence-electron chi connectivity index (χ3n) is 3.55. The van der Waals surface area contributed by atoms with E-state index in [1.54, 1.807) is 12.1 Å². The molecular weight excluding hydrogens is 196 g/mol. The molecule has 1 atom stereocenters. The van der Waals surface area contributed by atoms with E-state index < -0.39 is 0 Å². The monoisotopic (exact) mass is 220 g/mol. The van der Waals surface area contributed by atoms with Crippen LogP contribution in [0.15, 0.2) is 24.3 Å². The van der Waals surface area contributed by atoms with Gasteiger partial charge in [-0.25, -0.2) is 0 Å². The normalized spacial score (nSPS) is 14.7. The molecule has 1 unspecified atom stereocenters. The Balaban J connectivity index is 2.64. The van der Waals surface area contributed by atoms with Crippen LogP contribution in [0.25, 0.3) is 0 Å². The molecule has 1 N–H and O–H groups in total. The van der Waals surface area contributed by atoms with Gasteiger partial charge in [-0.05, 0) is 36.0 Å². The van der Waals surface area contributed by atoms with E-state index in [4.69, 9.17) is 0 Å². The summed E-state index contributed by atoms with van der Waals surface area (Å²) in [7, 11) is 0. The Morgan fingerprint density at radius 3 is 2.25 bits per heavy atom. The second kappa shape index (κ2) is 5.93. The lowest BCUT2D eigenvalue weighted by molar-refractivity contribution is 0.273. The van der Waals surface area contributed by atoms with Crippen LogP contribution in [0.4, 0.5) is 0 Å². The van der Waals surface area contributed by atoms with Gasteiger partial charge >= 0.3 is 0 Å². The highest BCUT2D eigenvalue weighted by molar-refractivity contribution is 5.26. The van der Waals surface area contributed by atoms with Crippen LogP contribution in [0, 0.1) is 5.41 Å². The minimum absolute atomic E-state index is 0.357. The highest BCUT2D eigenvalue weighted by Gasteiger charge is 2.21. The van der Waals surface area contributed by atoms with Crippen molar-refractivity contribution in [2.24, 2.45) is 5.41 Å². The first-order valence-corrected chi connectivity index (χ1v) is 6.37. The Labute approximate surface area is 99.5 Å². The number of rotatable bonds is 6. The fourth-order valence-corrected chi connectivity index (χ4v) is 2.10. The first-order valence-electron chi connectivity index (χ1n) is 6.37. The lowest BCUT2D eigenvalue weighted by Crippen LogP contribution is -2.18. The van der Waals surface area contributed by atoms with Gasteiger partial charge < -0.3 is 5.11 Å². The molecule has 0 aliphatic carbocycles. The Kier molecular flexibility index (Phi) is 4.85. The van der Waals surface area contributed by atoms with Gasteiger partial charge in [-0.1, -0.05) is 52.2 Å². The van der Waals surface area contributed by atoms with Gasteiger partial charge in [-0.15, -0.1) is 0 Å². The van der Waals surface area contributed by atoms with Gasteiger partial charge in [0.15, 0.2) is 0 Å². The summed E-state index contributed by atoms with van der Waals surface area (Å²) in [6, 6.07) is 7.64. The van der Waals surface area contributed by atoms with Gasteiger partial charge in [-0.3, -0.25) is 0 Å². The molecule has 1 nitrogen and oxygen atoms in total.